The van der Waals surface area contributed by atoms with Gasteiger partial charge in [-0.2, -0.15) is 0 Å². The number of ether oxygens (including phenoxy) is 1. The van der Waals surface area contributed by atoms with Gasteiger partial charge in [-0.3, -0.25) is 9.69 Å². The number of para-hydroxylation sites is 1. The van der Waals surface area contributed by atoms with Gasteiger partial charge in [-0.15, -0.1) is 11.3 Å². The number of carbonyl (C=O) groups is 1. The Balaban J connectivity index is 1.22. The first kappa shape index (κ1) is 16.0. The minimum absolute atomic E-state index is 0.0846. The topological polar surface area (TPSA) is 54.5 Å². The fraction of sp³-hybridized carbons (Fsp3) is 0.556. The number of nitrogens with one attached hydrogen (secondary N) is 1. The van der Waals surface area contributed by atoms with Gasteiger partial charge in [-0.25, -0.2) is 4.98 Å². The van der Waals surface area contributed by atoms with Crippen molar-refractivity contribution in [3.8, 4) is 0 Å². The van der Waals surface area contributed by atoms with Crippen LogP contribution in [0.3, 0.4) is 0 Å². The predicted molar refractivity (Wildman–Crippen MR) is 95.3 cm³/mol. The van der Waals surface area contributed by atoms with Gasteiger partial charge >= 0.3 is 0 Å². The third-order valence-electron chi connectivity index (χ3n) is 4.89. The molecule has 2 atom stereocenters. The molecule has 0 unspecified atom stereocenters. The Morgan fingerprint density at radius 1 is 1.42 bits per heavy atom. The highest BCUT2D eigenvalue weighted by molar-refractivity contribution is 7.18. The van der Waals surface area contributed by atoms with E-state index in [0.717, 1.165) is 23.7 Å². The molecule has 2 saturated heterocycles. The number of benzene rings is 1. The molecule has 1 aromatic carbocycles. The molecule has 128 valence electrons. The number of carbonyl (C=O) groups excluding carboxylic acids is 1. The van der Waals surface area contributed by atoms with Gasteiger partial charge in [0.2, 0.25) is 5.91 Å². The number of nitrogens with zero attached hydrogens (tertiary/aromatic N) is 2. The van der Waals surface area contributed by atoms with Crippen LogP contribution >= 0.6 is 11.3 Å². The number of rotatable bonds is 5. The van der Waals surface area contributed by atoms with Gasteiger partial charge in [0.25, 0.3) is 0 Å². The molecular weight excluding hydrogens is 322 g/mol. The molecule has 1 amide bonds. The SMILES string of the molecule is O=C(CCc1nc2ccccc2s1)NC[C@H]1CN2CCC[C@@H]2CO1. The molecule has 2 aromatic rings. The molecule has 2 fully saturated rings. The van der Waals surface area contributed by atoms with E-state index in [1.807, 2.05) is 18.2 Å². The fourth-order valence-corrected chi connectivity index (χ4v) is 4.54. The van der Waals surface area contributed by atoms with Gasteiger partial charge in [0.05, 0.1) is 27.9 Å². The zero-order chi connectivity index (χ0) is 16.4. The van der Waals surface area contributed by atoms with Crippen LogP contribution in [0.25, 0.3) is 10.2 Å². The monoisotopic (exact) mass is 345 g/mol. The Kier molecular flexibility index (Phi) is 4.78. The van der Waals surface area contributed by atoms with Crippen LogP contribution in [0, 0.1) is 0 Å². The van der Waals surface area contributed by atoms with Crippen LogP contribution in [0.5, 0.6) is 0 Å². The molecule has 2 aliphatic rings. The number of aromatic nitrogens is 1. The number of hydrogen-bond acceptors (Lipinski definition) is 5. The standard InChI is InChI=1S/C18H23N3O2S/c22-17(7-8-18-20-15-5-1-2-6-16(15)24-18)19-10-14-11-21-9-3-4-13(21)12-23-14/h1-2,5-6,13-14H,3-4,7-12H2,(H,19,22)/t13-,14+/m1/s1. The molecule has 5 nitrogen and oxygen atoms in total. The Morgan fingerprint density at radius 2 is 2.33 bits per heavy atom. The molecule has 24 heavy (non-hydrogen) atoms. The van der Waals surface area contributed by atoms with Crippen molar-refractivity contribution in [3.05, 3.63) is 29.3 Å². The second kappa shape index (κ2) is 7.17. The van der Waals surface area contributed by atoms with Gasteiger partial charge < -0.3 is 10.1 Å². The van der Waals surface area contributed by atoms with Crippen LogP contribution in [0.15, 0.2) is 24.3 Å². The van der Waals surface area contributed by atoms with Crippen molar-refractivity contribution < 1.29 is 9.53 Å². The molecule has 3 heterocycles. The summed E-state index contributed by atoms with van der Waals surface area (Å²) in [5.41, 5.74) is 1.02. The van der Waals surface area contributed by atoms with Gasteiger partial charge in [-0.1, -0.05) is 12.1 Å². The zero-order valence-electron chi connectivity index (χ0n) is 13.7. The van der Waals surface area contributed by atoms with Gasteiger partial charge in [0.1, 0.15) is 0 Å². The first-order valence-electron chi connectivity index (χ1n) is 8.75. The van der Waals surface area contributed by atoms with Crippen molar-refractivity contribution >= 4 is 27.5 Å². The normalized spacial score (nSPS) is 24.2. The van der Waals surface area contributed by atoms with E-state index in [0.29, 0.717) is 25.4 Å². The van der Waals surface area contributed by atoms with E-state index in [1.54, 1.807) is 11.3 Å². The van der Waals surface area contributed by atoms with Crippen LogP contribution in [-0.4, -0.2) is 54.2 Å². The smallest absolute Gasteiger partial charge is 0.220 e. The summed E-state index contributed by atoms with van der Waals surface area (Å²) < 4.78 is 7.06. The summed E-state index contributed by atoms with van der Waals surface area (Å²) in [5.74, 6) is 0.0846. The molecular formula is C18H23N3O2S. The van der Waals surface area contributed by atoms with Crippen molar-refractivity contribution in [2.45, 2.75) is 37.8 Å². The summed E-state index contributed by atoms with van der Waals surface area (Å²) in [7, 11) is 0. The highest BCUT2D eigenvalue weighted by Crippen LogP contribution is 2.23. The largest absolute Gasteiger partial charge is 0.373 e. The summed E-state index contributed by atoms with van der Waals surface area (Å²) in [6.07, 6.45) is 3.84. The lowest BCUT2D eigenvalue weighted by Crippen LogP contribution is -2.50. The molecule has 0 saturated carbocycles. The van der Waals surface area contributed by atoms with Crippen molar-refractivity contribution in [2.24, 2.45) is 0 Å². The lowest BCUT2D eigenvalue weighted by Gasteiger charge is -2.35. The number of thiazole rings is 1. The quantitative estimate of drug-likeness (QED) is 0.903. The van der Waals surface area contributed by atoms with E-state index in [1.165, 1.54) is 24.1 Å². The van der Waals surface area contributed by atoms with Crippen LogP contribution in [0.2, 0.25) is 0 Å². The molecule has 6 heteroatoms. The molecule has 2 aliphatic heterocycles. The average Bonchev–Trinajstić information content (AvgIpc) is 3.23. The summed E-state index contributed by atoms with van der Waals surface area (Å²) in [6.45, 7) is 3.55. The molecule has 4 rings (SSSR count). The lowest BCUT2D eigenvalue weighted by atomic mass is 10.2. The van der Waals surface area contributed by atoms with Crippen molar-refractivity contribution in [1.82, 2.24) is 15.2 Å². The molecule has 1 aromatic heterocycles. The lowest BCUT2D eigenvalue weighted by molar-refractivity contribution is -0.122. The number of hydrogen-bond donors (Lipinski definition) is 1. The number of aryl methyl sites for hydroxylation is 1. The van der Waals surface area contributed by atoms with E-state index in [2.05, 4.69) is 21.3 Å². The zero-order valence-corrected chi connectivity index (χ0v) is 14.6. The molecule has 0 aliphatic carbocycles. The molecule has 0 bridgehead atoms. The van der Waals surface area contributed by atoms with E-state index in [4.69, 9.17) is 4.74 Å². The number of morpholine rings is 1. The minimum atomic E-state index is 0.0846. The first-order valence-corrected chi connectivity index (χ1v) is 9.56. The van der Waals surface area contributed by atoms with Crippen LogP contribution in [0.1, 0.15) is 24.3 Å². The Hall–Kier alpha value is -1.50. The maximum absolute atomic E-state index is 12.1. The Labute approximate surface area is 146 Å². The maximum Gasteiger partial charge on any atom is 0.220 e. The second-order valence-electron chi connectivity index (χ2n) is 6.63. The summed E-state index contributed by atoms with van der Waals surface area (Å²) in [4.78, 5) is 19.2. The predicted octanol–water partition coefficient (Wildman–Crippen LogP) is 2.21. The average molecular weight is 345 g/mol. The van der Waals surface area contributed by atoms with Crippen LogP contribution in [0.4, 0.5) is 0 Å². The van der Waals surface area contributed by atoms with Crippen LogP contribution < -0.4 is 5.32 Å². The van der Waals surface area contributed by atoms with Crippen molar-refractivity contribution in [2.75, 3.05) is 26.2 Å². The van der Waals surface area contributed by atoms with Gasteiger partial charge in [-0.05, 0) is 31.5 Å². The van der Waals surface area contributed by atoms with E-state index < -0.39 is 0 Å². The van der Waals surface area contributed by atoms with E-state index in [9.17, 15) is 4.79 Å². The van der Waals surface area contributed by atoms with Crippen molar-refractivity contribution in [1.29, 1.82) is 0 Å². The molecule has 0 spiro atoms. The first-order chi connectivity index (χ1) is 11.8. The highest BCUT2D eigenvalue weighted by atomic mass is 32.1. The summed E-state index contributed by atoms with van der Waals surface area (Å²) in [6, 6.07) is 8.71. The molecule has 0 radical (unpaired) electrons. The highest BCUT2D eigenvalue weighted by Gasteiger charge is 2.32. The Bertz CT molecular complexity index is 684. The minimum Gasteiger partial charge on any atom is -0.373 e. The summed E-state index contributed by atoms with van der Waals surface area (Å²) in [5, 5.41) is 4.05. The van der Waals surface area contributed by atoms with Crippen molar-refractivity contribution in [3.63, 3.8) is 0 Å². The Morgan fingerprint density at radius 3 is 3.25 bits per heavy atom. The number of fused-ring (bicyclic) bond motifs is 2. The van der Waals surface area contributed by atoms with E-state index in [-0.39, 0.29) is 12.0 Å². The third-order valence-corrected chi connectivity index (χ3v) is 5.99. The summed E-state index contributed by atoms with van der Waals surface area (Å²) >= 11 is 1.67. The fourth-order valence-electron chi connectivity index (χ4n) is 3.57. The second-order valence-corrected chi connectivity index (χ2v) is 7.74. The number of amides is 1. The van der Waals surface area contributed by atoms with Gasteiger partial charge in [0, 0.05) is 32.0 Å². The van der Waals surface area contributed by atoms with E-state index >= 15 is 0 Å². The maximum atomic E-state index is 12.1. The third kappa shape index (κ3) is 3.61. The van der Waals surface area contributed by atoms with Gasteiger partial charge in [0.15, 0.2) is 0 Å². The molecule has 1 N–H and O–H groups in total. The van der Waals surface area contributed by atoms with Crippen LogP contribution in [-0.2, 0) is 16.0 Å².